The van der Waals surface area contributed by atoms with Gasteiger partial charge in [-0.25, -0.2) is 4.39 Å². The molecule has 0 aliphatic carbocycles. The van der Waals surface area contributed by atoms with E-state index >= 15 is 0 Å². The zero-order valence-corrected chi connectivity index (χ0v) is 20.5. The summed E-state index contributed by atoms with van der Waals surface area (Å²) in [5.74, 6) is -0.818. The number of carbonyl (C=O) groups excluding carboxylic acids is 1. The Morgan fingerprint density at radius 2 is 1.83 bits per heavy atom. The van der Waals surface area contributed by atoms with Crippen LogP contribution < -0.4 is 19.9 Å². The van der Waals surface area contributed by atoms with Crippen LogP contribution in [0.1, 0.15) is 37.8 Å². The van der Waals surface area contributed by atoms with Crippen molar-refractivity contribution in [3.05, 3.63) is 53.3 Å². The molecule has 0 aromatic heterocycles. The fourth-order valence-corrected chi connectivity index (χ4v) is 4.98. The number of benzene rings is 2. The Hall–Kier alpha value is -3.23. The summed E-state index contributed by atoms with van der Waals surface area (Å²) in [4.78, 5) is 15.7. The van der Waals surface area contributed by atoms with E-state index in [1.165, 1.54) is 29.2 Å². The van der Waals surface area contributed by atoms with Gasteiger partial charge in [-0.15, -0.1) is 0 Å². The van der Waals surface area contributed by atoms with Crippen molar-refractivity contribution in [2.75, 3.05) is 29.5 Å². The summed E-state index contributed by atoms with van der Waals surface area (Å²) in [6.45, 7) is 5.28. The predicted octanol–water partition coefficient (Wildman–Crippen LogP) is 5.01. The number of ether oxygens (including phenoxy) is 1. The van der Waals surface area contributed by atoms with Crippen molar-refractivity contribution >= 4 is 34.6 Å². The standard InChI is InChI=1S/C25H24F4N4O2S/c1-24(2)22(34)32(17-4-3-16(13-30)19(11-17)25(27,28)29)23(36)33(24)18-5-6-21(20(26)12-18)35-14-15-7-9-31-10-8-15/h3-6,11-12,15,31H,7-10,14H2,1-2H3. The van der Waals surface area contributed by atoms with Crippen molar-refractivity contribution in [3.63, 3.8) is 0 Å². The lowest BCUT2D eigenvalue weighted by atomic mass is 9.99. The molecule has 2 aromatic rings. The Bertz CT molecular complexity index is 1240. The van der Waals surface area contributed by atoms with Crippen molar-refractivity contribution in [1.29, 1.82) is 5.26 Å². The maximum atomic E-state index is 15.0. The highest BCUT2D eigenvalue weighted by atomic mass is 32.1. The van der Waals surface area contributed by atoms with Crippen molar-refractivity contribution in [3.8, 4) is 11.8 Å². The molecule has 0 unspecified atom stereocenters. The number of halogens is 4. The molecule has 2 saturated heterocycles. The number of rotatable bonds is 5. The summed E-state index contributed by atoms with van der Waals surface area (Å²) in [5.41, 5.74) is -2.92. The van der Waals surface area contributed by atoms with E-state index in [2.05, 4.69) is 5.32 Å². The fourth-order valence-electron chi connectivity index (χ4n) is 4.46. The second kappa shape index (κ2) is 9.67. The van der Waals surface area contributed by atoms with Gasteiger partial charge in [0.1, 0.15) is 5.54 Å². The highest BCUT2D eigenvalue weighted by molar-refractivity contribution is 7.81. The van der Waals surface area contributed by atoms with Gasteiger partial charge in [0.25, 0.3) is 5.91 Å². The Balaban J connectivity index is 1.62. The molecule has 1 N–H and O–H groups in total. The largest absolute Gasteiger partial charge is 0.490 e. The van der Waals surface area contributed by atoms with E-state index in [1.807, 2.05) is 0 Å². The van der Waals surface area contributed by atoms with E-state index in [1.54, 1.807) is 19.9 Å². The molecule has 36 heavy (non-hydrogen) atoms. The quantitative estimate of drug-likeness (QED) is 0.442. The van der Waals surface area contributed by atoms with E-state index in [-0.39, 0.29) is 22.2 Å². The number of carbonyl (C=O) groups is 1. The van der Waals surface area contributed by atoms with Crippen LogP contribution in [0.15, 0.2) is 36.4 Å². The van der Waals surface area contributed by atoms with Gasteiger partial charge in [-0.1, -0.05) is 0 Å². The number of anilines is 2. The van der Waals surface area contributed by atoms with Crippen LogP contribution in [0.4, 0.5) is 28.9 Å². The zero-order valence-electron chi connectivity index (χ0n) is 19.7. The predicted molar refractivity (Wildman–Crippen MR) is 130 cm³/mol. The molecule has 11 heteroatoms. The normalized spacial score (nSPS) is 18.5. The first kappa shape index (κ1) is 25.9. The van der Waals surface area contributed by atoms with Crippen LogP contribution in [0.2, 0.25) is 0 Å². The zero-order chi connectivity index (χ0) is 26.3. The van der Waals surface area contributed by atoms with Gasteiger partial charge in [0.2, 0.25) is 0 Å². The number of amides is 1. The van der Waals surface area contributed by atoms with Crippen LogP contribution in [-0.2, 0) is 11.0 Å². The third kappa shape index (κ3) is 4.75. The molecule has 2 heterocycles. The van der Waals surface area contributed by atoms with Gasteiger partial charge >= 0.3 is 6.18 Å². The van der Waals surface area contributed by atoms with E-state index < -0.39 is 34.6 Å². The molecule has 1 amide bonds. The average Bonchev–Trinajstić information content (AvgIpc) is 3.01. The van der Waals surface area contributed by atoms with Gasteiger partial charge in [0.05, 0.1) is 29.5 Å². The highest BCUT2D eigenvalue weighted by Gasteiger charge is 2.51. The smallest absolute Gasteiger partial charge is 0.417 e. The van der Waals surface area contributed by atoms with Gasteiger partial charge in [0.15, 0.2) is 16.7 Å². The van der Waals surface area contributed by atoms with Crippen LogP contribution in [0.3, 0.4) is 0 Å². The maximum Gasteiger partial charge on any atom is 0.417 e. The van der Waals surface area contributed by atoms with Crippen molar-refractivity contribution in [2.24, 2.45) is 5.92 Å². The molecule has 0 bridgehead atoms. The van der Waals surface area contributed by atoms with Crippen molar-refractivity contribution in [2.45, 2.75) is 38.4 Å². The molecule has 190 valence electrons. The topological polar surface area (TPSA) is 68.6 Å². The van der Waals surface area contributed by atoms with Gasteiger partial charge < -0.3 is 15.0 Å². The molecule has 0 radical (unpaired) electrons. The molecule has 2 aliphatic rings. The first-order chi connectivity index (χ1) is 16.9. The summed E-state index contributed by atoms with van der Waals surface area (Å²) in [6.07, 6.45) is -2.91. The summed E-state index contributed by atoms with van der Waals surface area (Å²) < 4.78 is 61.1. The first-order valence-corrected chi connectivity index (χ1v) is 11.8. The van der Waals surface area contributed by atoms with E-state index in [0.717, 1.165) is 43.0 Å². The minimum absolute atomic E-state index is 0.0744. The number of hydrogen-bond donors (Lipinski definition) is 1. The Labute approximate surface area is 211 Å². The summed E-state index contributed by atoms with van der Waals surface area (Å²) in [7, 11) is 0. The number of nitrogens with one attached hydrogen (secondary N) is 1. The molecule has 2 aliphatic heterocycles. The lowest BCUT2D eigenvalue weighted by molar-refractivity contribution is -0.137. The van der Waals surface area contributed by atoms with Crippen molar-refractivity contribution < 1.29 is 27.1 Å². The van der Waals surface area contributed by atoms with Gasteiger partial charge in [-0.05, 0) is 88.2 Å². The van der Waals surface area contributed by atoms with E-state index in [0.29, 0.717) is 12.5 Å². The number of alkyl halides is 3. The van der Waals surface area contributed by atoms with E-state index in [9.17, 15) is 22.4 Å². The van der Waals surface area contributed by atoms with Crippen LogP contribution in [0.5, 0.6) is 5.75 Å². The lowest BCUT2D eigenvalue weighted by Crippen LogP contribution is -2.44. The fraction of sp³-hybridized carbons (Fsp3) is 0.400. The Kier molecular flexibility index (Phi) is 6.94. The first-order valence-electron chi connectivity index (χ1n) is 11.4. The Morgan fingerprint density at radius 1 is 1.17 bits per heavy atom. The number of nitrogens with zero attached hydrogens (tertiary/aromatic N) is 3. The molecular weight excluding hydrogens is 496 g/mol. The van der Waals surface area contributed by atoms with Crippen molar-refractivity contribution in [1.82, 2.24) is 5.32 Å². The number of thiocarbonyl (C=S) groups is 1. The van der Waals surface area contributed by atoms with Gasteiger partial charge in [-0.3, -0.25) is 9.69 Å². The monoisotopic (exact) mass is 520 g/mol. The van der Waals surface area contributed by atoms with Crippen LogP contribution in [0.25, 0.3) is 0 Å². The second-order valence-electron chi connectivity index (χ2n) is 9.28. The molecule has 2 aromatic carbocycles. The Morgan fingerprint density at radius 3 is 2.44 bits per heavy atom. The molecule has 0 atom stereocenters. The third-order valence-corrected chi connectivity index (χ3v) is 6.83. The minimum atomic E-state index is -4.80. The summed E-state index contributed by atoms with van der Waals surface area (Å²) in [5, 5.41) is 12.2. The number of piperidine rings is 1. The highest BCUT2D eigenvalue weighted by Crippen LogP contribution is 2.40. The molecule has 6 nitrogen and oxygen atoms in total. The molecule has 4 rings (SSSR count). The van der Waals surface area contributed by atoms with Crippen LogP contribution in [-0.4, -0.2) is 36.3 Å². The van der Waals surface area contributed by atoms with E-state index in [4.69, 9.17) is 22.2 Å². The van der Waals surface area contributed by atoms with Crippen LogP contribution >= 0.6 is 12.2 Å². The molecule has 0 spiro atoms. The third-order valence-electron chi connectivity index (χ3n) is 6.46. The van der Waals surface area contributed by atoms with Gasteiger partial charge in [-0.2, -0.15) is 18.4 Å². The lowest BCUT2D eigenvalue weighted by Gasteiger charge is -2.29. The second-order valence-corrected chi connectivity index (χ2v) is 9.64. The summed E-state index contributed by atoms with van der Waals surface area (Å²) in [6, 6.07) is 8.68. The van der Waals surface area contributed by atoms with Gasteiger partial charge in [0, 0.05) is 11.8 Å². The minimum Gasteiger partial charge on any atom is -0.490 e. The molecule has 0 saturated carbocycles. The maximum absolute atomic E-state index is 15.0. The van der Waals surface area contributed by atoms with Crippen LogP contribution in [0, 0.1) is 23.1 Å². The SMILES string of the molecule is CC1(C)C(=O)N(c2ccc(C#N)c(C(F)(F)F)c2)C(=S)N1c1ccc(OCC2CCNCC2)c(F)c1. The number of nitriles is 1. The average molecular weight is 521 g/mol. The number of hydrogen-bond acceptors (Lipinski definition) is 5. The molecule has 2 fully saturated rings. The summed E-state index contributed by atoms with van der Waals surface area (Å²) >= 11 is 5.49. The molecular formula is C25H24F4N4O2S.